The molecule has 1 aliphatic heterocycles. The molecule has 0 radical (unpaired) electrons. The number of halogens is 1. The summed E-state index contributed by atoms with van der Waals surface area (Å²) < 4.78 is 6.84. The number of amides is 1. The van der Waals surface area contributed by atoms with Crippen LogP contribution in [-0.2, 0) is 9.53 Å². The Balaban J connectivity index is 1.73. The summed E-state index contributed by atoms with van der Waals surface area (Å²) in [6, 6.07) is 7.58. The first-order chi connectivity index (χ1) is 12.0. The summed E-state index contributed by atoms with van der Waals surface area (Å²) in [6.07, 6.45) is 3.11. The number of aromatic nitrogens is 2. The number of ether oxygens (including phenoxy) is 1. The van der Waals surface area contributed by atoms with E-state index in [1.54, 1.807) is 30.5 Å². The second kappa shape index (κ2) is 7.67. The number of benzene rings is 1. The molecule has 3 rings (SSSR count). The SMILES string of the molecule is O=C(NC(C(=O)O)C1CCCOC1)c1ccn(-c2cccc(Cl)c2)n1. The zero-order valence-corrected chi connectivity index (χ0v) is 14.1. The van der Waals surface area contributed by atoms with Crippen molar-refractivity contribution in [1.29, 1.82) is 0 Å². The lowest BCUT2D eigenvalue weighted by Gasteiger charge is -2.27. The van der Waals surface area contributed by atoms with E-state index in [0.29, 0.717) is 30.3 Å². The molecule has 7 nitrogen and oxygen atoms in total. The molecule has 2 N–H and O–H groups in total. The van der Waals surface area contributed by atoms with Crippen LogP contribution in [0.1, 0.15) is 23.3 Å². The zero-order chi connectivity index (χ0) is 17.8. The first-order valence-corrected chi connectivity index (χ1v) is 8.35. The van der Waals surface area contributed by atoms with Gasteiger partial charge in [-0.1, -0.05) is 17.7 Å². The number of carboxylic acid groups (broad SMARTS) is 1. The summed E-state index contributed by atoms with van der Waals surface area (Å²) in [4.78, 5) is 23.9. The van der Waals surface area contributed by atoms with Gasteiger partial charge in [-0.3, -0.25) is 4.79 Å². The van der Waals surface area contributed by atoms with Gasteiger partial charge in [0.15, 0.2) is 5.69 Å². The van der Waals surface area contributed by atoms with Crippen LogP contribution in [0.2, 0.25) is 5.02 Å². The van der Waals surface area contributed by atoms with Gasteiger partial charge in [0.2, 0.25) is 0 Å². The topological polar surface area (TPSA) is 93.5 Å². The van der Waals surface area contributed by atoms with Crippen molar-refractivity contribution in [1.82, 2.24) is 15.1 Å². The van der Waals surface area contributed by atoms with Crippen LogP contribution in [0.3, 0.4) is 0 Å². The average Bonchev–Trinajstić information content (AvgIpc) is 3.10. The second-order valence-corrected chi connectivity index (χ2v) is 6.33. The quantitative estimate of drug-likeness (QED) is 0.848. The highest BCUT2D eigenvalue weighted by atomic mass is 35.5. The minimum atomic E-state index is -1.07. The summed E-state index contributed by atoms with van der Waals surface area (Å²) in [6.45, 7) is 0.953. The van der Waals surface area contributed by atoms with E-state index >= 15 is 0 Å². The number of hydrogen-bond acceptors (Lipinski definition) is 4. The molecule has 2 unspecified atom stereocenters. The van der Waals surface area contributed by atoms with Crippen LogP contribution in [0.25, 0.3) is 5.69 Å². The van der Waals surface area contributed by atoms with Crippen LogP contribution >= 0.6 is 11.6 Å². The maximum atomic E-state index is 12.4. The van der Waals surface area contributed by atoms with Gasteiger partial charge in [0.05, 0.1) is 12.3 Å². The van der Waals surface area contributed by atoms with Gasteiger partial charge in [-0.15, -0.1) is 0 Å². The summed E-state index contributed by atoms with van der Waals surface area (Å²) in [5.74, 6) is -1.85. The van der Waals surface area contributed by atoms with Crippen LogP contribution in [0.15, 0.2) is 36.5 Å². The van der Waals surface area contributed by atoms with Crippen LogP contribution in [0.4, 0.5) is 0 Å². The molecule has 8 heteroatoms. The van der Waals surface area contributed by atoms with Gasteiger partial charge in [0.25, 0.3) is 5.91 Å². The Morgan fingerprint density at radius 1 is 1.40 bits per heavy atom. The van der Waals surface area contributed by atoms with Crippen molar-refractivity contribution in [2.75, 3.05) is 13.2 Å². The third-order valence-electron chi connectivity index (χ3n) is 4.11. The lowest BCUT2D eigenvalue weighted by molar-refractivity contribution is -0.142. The van der Waals surface area contributed by atoms with Crippen LogP contribution in [0.5, 0.6) is 0 Å². The fraction of sp³-hybridized carbons (Fsp3) is 0.353. The minimum absolute atomic E-state index is 0.142. The predicted octanol–water partition coefficient (Wildman–Crippen LogP) is 2.14. The molecule has 2 heterocycles. The van der Waals surface area contributed by atoms with E-state index in [-0.39, 0.29) is 11.6 Å². The number of hydrogen-bond donors (Lipinski definition) is 2. The van der Waals surface area contributed by atoms with E-state index in [0.717, 1.165) is 6.42 Å². The Morgan fingerprint density at radius 3 is 2.92 bits per heavy atom. The fourth-order valence-corrected chi connectivity index (χ4v) is 3.02. The van der Waals surface area contributed by atoms with Gasteiger partial charge in [0.1, 0.15) is 6.04 Å². The van der Waals surface area contributed by atoms with E-state index in [9.17, 15) is 14.7 Å². The highest BCUT2D eigenvalue weighted by molar-refractivity contribution is 6.30. The number of carbonyl (C=O) groups excluding carboxylic acids is 1. The summed E-state index contributed by atoms with van der Waals surface area (Å²) in [5, 5.41) is 16.7. The molecule has 2 aromatic rings. The van der Waals surface area contributed by atoms with Crippen LogP contribution in [0, 0.1) is 5.92 Å². The minimum Gasteiger partial charge on any atom is -0.480 e. The first kappa shape index (κ1) is 17.4. The Kier molecular flexibility index (Phi) is 5.35. The van der Waals surface area contributed by atoms with E-state index in [4.69, 9.17) is 16.3 Å². The predicted molar refractivity (Wildman–Crippen MR) is 91.0 cm³/mol. The summed E-state index contributed by atoms with van der Waals surface area (Å²) in [5.41, 5.74) is 0.852. The molecule has 1 saturated heterocycles. The number of nitrogens with zero attached hydrogens (tertiary/aromatic N) is 2. The molecule has 1 fully saturated rings. The van der Waals surface area contributed by atoms with Crippen molar-refractivity contribution in [3.05, 3.63) is 47.2 Å². The van der Waals surface area contributed by atoms with Crippen molar-refractivity contribution in [2.45, 2.75) is 18.9 Å². The summed E-state index contributed by atoms with van der Waals surface area (Å²) in [7, 11) is 0. The Labute approximate surface area is 149 Å². The molecule has 1 aromatic carbocycles. The van der Waals surface area contributed by atoms with Gasteiger partial charge < -0.3 is 15.2 Å². The van der Waals surface area contributed by atoms with Crippen LogP contribution in [-0.4, -0.2) is 46.0 Å². The maximum Gasteiger partial charge on any atom is 0.326 e. The third-order valence-corrected chi connectivity index (χ3v) is 4.35. The van der Waals surface area contributed by atoms with Gasteiger partial charge in [-0.2, -0.15) is 5.10 Å². The Hall–Kier alpha value is -2.38. The van der Waals surface area contributed by atoms with E-state index in [2.05, 4.69) is 10.4 Å². The Morgan fingerprint density at radius 2 is 2.24 bits per heavy atom. The smallest absolute Gasteiger partial charge is 0.326 e. The molecule has 132 valence electrons. The summed E-state index contributed by atoms with van der Waals surface area (Å²) >= 11 is 5.96. The molecule has 1 aromatic heterocycles. The molecular weight excluding hydrogens is 346 g/mol. The second-order valence-electron chi connectivity index (χ2n) is 5.89. The lowest BCUT2D eigenvalue weighted by atomic mass is 9.93. The van der Waals surface area contributed by atoms with Crippen molar-refractivity contribution in [3.8, 4) is 5.69 Å². The number of nitrogens with one attached hydrogen (secondary N) is 1. The number of carbonyl (C=O) groups is 2. The molecule has 2 atom stereocenters. The highest BCUT2D eigenvalue weighted by Crippen LogP contribution is 2.19. The molecule has 0 aliphatic carbocycles. The lowest BCUT2D eigenvalue weighted by Crippen LogP contribution is -2.48. The fourth-order valence-electron chi connectivity index (χ4n) is 2.83. The van der Waals surface area contributed by atoms with Gasteiger partial charge in [-0.05, 0) is 37.1 Å². The number of rotatable bonds is 5. The monoisotopic (exact) mass is 363 g/mol. The molecule has 0 saturated carbocycles. The molecule has 25 heavy (non-hydrogen) atoms. The zero-order valence-electron chi connectivity index (χ0n) is 13.4. The normalized spacial score (nSPS) is 18.5. The number of carboxylic acids is 1. The molecule has 0 bridgehead atoms. The van der Waals surface area contributed by atoms with Crippen molar-refractivity contribution in [3.63, 3.8) is 0 Å². The molecule has 1 amide bonds. The number of aliphatic carboxylic acids is 1. The van der Waals surface area contributed by atoms with E-state index < -0.39 is 17.9 Å². The maximum absolute atomic E-state index is 12.4. The highest BCUT2D eigenvalue weighted by Gasteiger charge is 2.32. The van der Waals surface area contributed by atoms with E-state index in [1.807, 2.05) is 0 Å². The van der Waals surface area contributed by atoms with Crippen molar-refractivity contribution < 1.29 is 19.4 Å². The van der Waals surface area contributed by atoms with Crippen molar-refractivity contribution >= 4 is 23.5 Å². The van der Waals surface area contributed by atoms with Gasteiger partial charge in [0, 0.05) is 23.7 Å². The average molecular weight is 364 g/mol. The molecule has 0 spiro atoms. The Bertz CT molecular complexity index is 771. The van der Waals surface area contributed by atoms with Gasteiger partial charge >= 0.3 is 5.97 Å². The van der Waals surface area contributed by atoms with Crippen LogP contribution < -0.4 is 5.32 Å². The van der Waals surface area contributed by atoms with Crippen molar-refractivity contribution in [2.24, 2.45) is 5.92 Å². The standard InChI is InChI=1S/C17H18ClN3O4/c18-12-4-1-5-13(9-12)21-7-6-14(20-21)16(22)19-15(17(23)24)11-3-2-8-25-10-11/h1,4-7,9,11,15H,2-3,8,10H2,(H,19,22)(H,23,24). The van der Waals surface area contributed by atoms with E-state index in [1.165, 1.54) is 10.7 Å². The molecule has 1 aliphatic rings. The molecular formula is C17H18ClN3O4. The largest absolute Gasteiger partial charge is 0.480 e. The van der Waals surface area contributed by atoms with Gasteiger partial charge in [-0.25, -0.2) is 9.48 Å². The first-order valence-electron chi connectivity index (χ1n) is 7.97. The third kappa shape index (κ3) is 4.18.